The van der Waals surface area contributed by atoms with Crippen molar-refractivity contribution >= 4 is 17.2 Å². The number of fused-ring (bicyclic) bond motifs is 1. The Hall–Kier alpha value is -4.19. The number of nitrogens with zero attached hydrogens (tertiary/aromatic N) is 1. The molecule has 1 unspecified atom stereocenters. The highest BCUT2D eigenvalue weighted by Crippen LogP contribution is 2.36. The summed E-state index contributed by atoms with van der Waals surface area (Å²) in [7, 11) is 0. The van der Waals surface area contributed by atoms with E-state index < -0.39 is 17.6 Å². The van der Waals surface area contributed by atoms with Crippen LogP contribution in [0, 0.1) is 24.4 Å². The van der Waals surface area contributed by atoms with Crippen LogP contribution in [0.1, 0.15) is 46.7 Å². The minimum absolute atomic E-state index is 0.0747. The summed E-state index contributed by atoms with van der Waals surface area (Å²) in [4.78, 5) is 18.1. The Morgan fingerprint density at radius 2 is 1.63 bits per heavy atom. The fourth-order valence-corrected chi connectivity index (χ4v) is 5.15. The van der Waals surface area contributed by atoms with Gasteiger partial charge in [0.1, 0.15) is 29.1 Å². The second kappa shape index (κ2) is 10.7. The number of halogens is 3. The highest BCUT2D eigenvalue weighted by atomic mass is 19.1. The van der Waals surface area contributed by atoms with Crippen molar-refractivity contribution < 1.29 is 18.0 Å². The summed E-state index contributed by atoms with van der Waals surface area (Å²) in [6.45, 7) is 1.99. The number of nitrogens with two attached hydrogens (primary N) is 1. The molecule has 0 aliphatic heterocycles. The van der Waals surface area contributed by atoms with Crippen LogP contribution >= 0.6 is 0 Å². The molecule has 0 fully saturated rings. The molecule has 1 aliphatic rings. The first-order chi connectivity index (χ1) is 18.2. The minimum Gasteiger partial charge on any atom is -0.384 e. The first-order valence-electron chi connectivity index (χ1n) is 12.5. The Bertz CT molecular complexity index is 1520. The van der Waals surface area contributed by atoms with Crippen molar-refractivity contribution in [2.45, 2.75) is 38.5 Å². The smallest absolute Gasteiger partial charge is 0.137 e. The fourth-order valence-electron chi connectivity index (χ4n) is 5.15. The second-order valence-electron chi connectivity index (χ2n) is 9.87. The van der Waals surface area contributed by atoms with Crippen LogP contribution in [0.3, 0.4) is 0 Å². The van der Waals surface area contributed by atoms with Gasteiger partial charge in [0.25, 0.3) is 0 Å². The molecule has 3 nitrogen and oxygen atoms in total. The number of nitrogen functional groups attached to an aromatic ring is 1. The predicted octanol–water partition coefficient (Wildman–Crippen LogP) is 7.37. The Balaban J connectivity index is 1.50. The molecule has 192 valence electrons. The maximum Gasteiger partial charge on any atom is 0.137 e. The first kappa shape index (κ1) is 25.5. The van der Waals surface area contributed by atoms with Gasteiger partial charge in [-0.25, -0.2) is 18.2 Å². The standard InChI is InChI=1S/C32H27F3N2O/c1-19-2-4-21(5-3-19)29-10-11-31(36)37-32(29)24(12-20-13-26(34)17-27(35)14-20)16-28(38)15-23-7-6-22-8-9-25(33)18-30(22)23/h2-5,7-11,13-14,17-18,24H,6,12,15-16H2,1H3,(H2,36,37). The summed E-state index contributed by atoms with van der Waals surface area (Å²) in [5.41, 5.74) is 12.4. The van der Waals surface area contributed by atoms with E-state index in [9.17, 15) is 18.0 Å². The fraction of sp³-hybridized carbons (Fsp3) is 0.188. The van der Waals surface area contributed by atoms with Gasteiger partial charge in [-0.3, -0.25) is 4.79 Å². The van der Waals surface area contributed by atoms with E-state index in [1.54, 1.807) is 12.1 Å². The monoisotopic (exact) mass is 512 g/mol. The van der Waals surface area contributed by atoms with E-state index in [0.29, 0.717) is 23.5 Å². The third kappa shape index (κ3) is 5.70. The summed E-state index contributed by atoms with van der Waals surface area (Å²) >= 11 is 0. The lowest BCUT2D eigenvalue weighted by atomic mass is 9.85. The van der Waals surface area contributed by atoms with Gasteiger partial charge in [0.15, 0.2) is 0 Å². The van der Waals surface area contributed by atoms with Crippen LogP contribution in [0.4, 0.5) is 19.0 Å². The van der Waals surface area contributed by atoms with Crippen molar-refractivity contribution in [2.75, 3.05) is 5.73 Å². The number of allylic oxidation sites excluding steroid dienone is 2. The number of carbonyl (C=O) groups excluding carboxylic acids is 1. The molecule has 0 spiro atoms. The van der Waals surface area contributed by atoms with E-state index in [1.165, 1.54) is 24.3 Å². The van der Waals surface area contributed by atoms with Crippen LogP contribution in [0.25, 0.3) is 16.7 Å². The Morgan fingerprint density at radius 1 is 0.895 bits per heavy atom. The zero-order valence-electron chi connectivity index (χ0n) is 21.0. The molecule has 1 heterocycles. The molecule has 0 saturated heterocycles. The number of pyridine rings is 1. The maximum atomic E-state index is 14.1. The Labute approximate surface area is 219 Å². The van der Waals surface area contributed by atoms with E-state index in [1.807, 2.05) is 43.3 Å². The van der Waals surface area contributed by atoms with Crippen molar-refractivity contribution in [3.05, 3.63) is 124 Å². The van der Waals surface area contributed by atoms with Gasteiger partial charge in [0.2, 0.25) is 0 Å². The lowest BCUT2D eigenvalue weighted by Gasteiger charge is -2.21. The van der Waals surface area contributed by atoms with Gasteiger partial charge in [-0.15, -0.1) is 0 Å². The normalized spacial score (nSPS) is 13.2. The lowest BCUT2D eigenvalue weighted by molar-refractivity contribution is -0.118. The SMILES string of the molecule is Cc1ccc(-c2ccc(N)nc2C(CC(=O)CC2=CCc3ccc(F)cc32)Cc2cc(F)cc(F)c2)cc1. The van der Waals surface area contributed by atoms with Gasteiger partial charge >= 0.3 is 0 Å². The van der Waals surface area contributed by atoms with Crippen molar-refractivity contribution in [2.24, 2.45) is 0 Å². The molecule has 4 aromatic rings. The molecule has 1 aromatic heterocycles. The third-order valence-electron chi connectivity index (χ3n) is 6.95. The molecule has 38 heavy (non-hydrogen) atoms. The average molecular weight is 513 g/mol. The highest BCUT2D eigenvalue weighted by molar-refractivity contribution is 5.92. The Kier molecular flexibility index (Phi) is 7.14. The molecule has 3 aromatic carbocycles. The topological polar surface area (TPSA) is 56.0 Å². The van der Waals surface area contributed by atoms with Crippen molar-refractivity contribution in [1.82, 2.24) is 4.98 Å². The molecule has 5 rings (SSSR count). The molecule has 6 heteroatoms. The number of anilines is 1. The number of hydrogen-bond acceptors (Lipinski definition) is 3. The van der Waals surface area contributed by atoms with Gasteiger partial charge in [-0.1, -0.05) is 42.0 Å². The van der Waals surface area contributed by atoms with Crippen LogP contribution < -0.4 is 5.73 Å². The van der Waals surface area contributed by atoms with Crippen molar-refractivity contribution in [1.29, 1.82) is 0 Å². The van der Waals surface area contributed by atoms with Crippen molar-refractivity contribution in [3.63, 3.8) is 0 Å². The van der Waals surface area contributed by atoms with E-state index in [0.717, 1.165) is 39.5 Å². The lowest BCUT2D eigenvalue weighted by Crippen LogP contribution is -2.14. The van der Waals surface area contributed by atoms with Crippen molar-refractivity contribution in [3.8, 4) is 11.1 Å². The summed E-state index contributed by atoms with van der Waals surface area (Å²) in [5, 5.41) is 0. The number of benzene rings is 3. The molecule has 0 radical (unpaired) electrons. The number of hydrogen-bond donors (Lipinski definition) is 1. The molecule has 0 amide bonds. The molecule has 1 atom stereocenters. The summed E-state index contributed by atoms with van der Waals surface area (Å²) < 4.78 is 42.0. The number of aromatic nitrogens is 1. The van der Waals surface area contributed by atoms with Gasteiger partial charge in [-0.2, -0.15) is 0 Å². The second-order valence-corrected chi connectivity index (χ2v) is 9.87. The van der Waals surface area contributed by atoms with Crippen LogP contribution in [0.15, 0.2) is 78.9 Å². The number of rotatable bonds is 8. The third-order valence-corrected chi connectivity index (χ3v) is 6.95. The van der Waals surface area contributed by atoms with Crippen LogP contribution in [-0.4, -0.2) is 10.8 Å². The minimum atomic E-state index is -0.681. The Morgan fingerprint density at radius 3 is 2.37 bits per heavy atom. The van der Waals surface area contributed by atoms with Gasteiger partial charge in [-0.05, 0) is 84.0 Å². The van der Waals surface area contributed by atoms with Gasteiger partial charge < -0.3 is 5.73 Å². The quantitative estimate of drug-likeness (QED) is 0.268. The zero-order chi connectivity index (χ0) is 26.8. The number of ketones is 1. The molecule has 0 saturated carbocycles. The van der Waals surface area contributed by atoms with Crippen LogP contribution in [0.5, 0.6) is 0 Å². The van der Waals surface area contributed by atoms with E-state index >= 15 is 0 Å². The van der Waals surface area contributed by atoms with E-state index in [4.69, 9.17) is 5.73 Å². The summed E-state index contributed by atoms with van der Waals surface area (Å²) in [6.07, 6.45) is 3.01. The number of Topliss-reactive ketones (excluding diaryl/α,β-unsaturated/α-hetero) is 1. The predicted molar refractivity (Wildman–Crippen MR) is 144 cm³/mol. The number of aryl methyl sites for hydroxylation is 1. The summed E-state index contributed by atoms with van der Waals surface area (Å²) in [6, 6.07) is 19.5. The molecule has 0 bridgehead atoms. The average Bonchev–Trinajstić information content (AvgIpc) is 3.25. The van der Waals surface area contributed by atoms with E-state index in [-0.39, 0.29) is 30.9 Å². The van der Waals surface area contributed by atoms with Crippen LogP contribution in [-0.2, 0) is 17.6 Å². The largest absolute Gasteiger partial charge is 0.384 e. The molecule has 1 aliphatic carbocycles. The highest BCUT2D eigenvalue weighted by Gasteiger charge is 2.25. The number of carbonyl (C=O) groups is 1. The zero-order valence-corrected chi connectivity index (χ0v) is 21.0. The first-order valence-corrected chi connectivity index (χ1v) is 12.5. The summed E-state index contributed by atoms with van der Waals surface area (Å²) in [5.74, 6) is -1.98. The molecular weight excluding hydrogens is 485 g/mol. The van der Waals surface area contributed by atoms with Gasteiger partial charge in [0, 0.05) is 30.4 Å². The van der Waals surface area contributed by atoms with E-state index in [2.05, 4.69) is 4.98 Å². The van der Waals surface area contributed by atoms with Crippen LogP contribution in [0.2, 0.25) is 0 Å². The maximum absolute atomic E-state index is 14.1. The van der Waals surface area contributed by atoms with Gasteiger partial charge in [0.05, 0.1) is 5.69 Å². The molecule has 2 N–H and O–H groups in total. The molecular formula is C32H27F3N2O.